The fourth-order valence-corrected chi connectivity index (χ4v) is 6.36. The van der Waals surface area contributed by atoms with Gasteiger partial charge in [-0.15, -0.1) is 35.3 Å². The molecule has 1 aliphatic rings. The molecule has 0 fully saturated rings. The van der Waals surface area contributed by atoms with Gasteiger partial charge in [-0.05, 0) is 37.3 Å². The summed E-state index contributed by atoms with van der Waals surface area (Å²) in [6.45, 7) is 2.39. The van der Waals surface area contributed by atoms with Crippen molar-refractivity contribution >= 4 is 35.3 Å². The number of benzene rings is 1. The first-order valence-corrected chi connectivity index (χ1v) is 11.1. The highest BCUT2D eigenvalue weighted by Crippen LogP contribution is 2.55. The van der Waals surface area contributed by atoms with Gasteiger partial charge in [-0.3, -0.25) is 0 Å². The van der Waals surface area contributed by atoms with E-state index in [9.17, 15) is 5.11 Å². The highest BCUT2D eigenvalue weighted by atomic mass is 32.3. The summed E-state index contributed by atoms with van der Waals surface area (Å²) in [4.78, 5) is 0. The van der Waals surface area contributed by atoms with Gasteiger partial charge in [-0.25, -0.2) is 0 Å². The Kier molecular flexibility index (Phi) is 6.80. The molecule has 2 rings (SSSR count). The molecule has 0 aromatic heterocycles. The Morgan fingerprint density at radius 1 is 1.17 bits per heavy atom. The molecule has 1 aliphatic heterocycles. The number of hydrogen-bond acceptors (Lipinski definition) is 6. The lowest BCUT2D eigenvalue weighted by molar-refractivity contribution is -0.145. The fraction of sp³-hybridized carbons (Fsp3) is 0.529. The minimum Gasteiger partial charge on any atom is -0.496 e. The van der Waals surface area contributed by atoms with Crippen LogP contribution < -0.4 is 0 Å². The topological polar surface area (TPSA) is 38.7 Å². The van der Waals surface area contributed by atoms with E-state index in [1.807, 2.05) is 56.0 Å². The van der Waals surface area contributed by atoms with Crippen molar-refractivity contribution in [2.75, 3.05) is 18.8 Å². The predicted octanol–water partition coefficient (Wildman–Crippen LogP) is 3.98. The van der Waals surface area contributed by atoms with E-state index in [-0.39, 0.29) is 6.10 Å². The molecule has 1 aromatic carbocycles. The number of ether oxygens (including phenoxy) is 2. The molecule has 3 atom stereocenters. The summed E-state index contributed by atoms with van der Waals surface area (Å²) in [5, 5.41) is 11.5. The second-order valence-electron chi connectivity index (χ2n) is 5.36. The van der Waals surface area contributed by atoms with Crippen molar-refractivity contribution in [2.24, 2.45) is 0 Å². The first-order valence-electron chi connectivity index (χ1n) is 7.39. The van der Waals surface area contributed by atoms with Gasteiger partial charge < -0.3 is 14.6 Å². The second kappa shape index (κ2) is 8.21. The molecule has 0 unspecified atom stereocenters. The molecule has 128 valence electrons. The van der Waals surface area contributed by atoms with Crippen LogP contribution in [0.1, 0.15) is 12.5 Å². The van der Waals surface area contributed by atoms with Gasteiger partial charge in [0, 0.05) is 0 Å². The molecule has 23 heavy (non-hydrogen) atoms. The van der Waals surface area contributed by atoms with E-state index in [1.165, 1.54) is 0 Å². The lowest BCUT2D eigenvalue weighted by Gasteiger charge is -2.49. The van der Waals surface area contributed by atoms with Crippen LogP contribution in [0.3, 0.4) is 0 Å². The average Bonchev–Trinajstić information content (AvgIpc) is 2.57. The van der Waals surface area contributed by atoms with Crippen LogP contribution in [-0.2, 0) is 16.1 Å². The molecule has 0 aliphatic carbocycles. The summed E-state index contributed by atoms with van der Waals surface area (Å²) in [5.41, 5.74) is -0.0443. The van der Waals surface area contributed by atoms with Crippen LogP contribution >= 0.6 is 35.3 Å². The monoisotopic (exact) mass is 372 g/mol. The fourth-order valence-electron chi connectivity index (χ4n) is 2.83. The Morgan fingerprint density at radius 3 is 2.35 bits per heavy atom. The predicted molar refractivity (Wildman–Crippen MR) is 103 cm³/mol. The smallest absolute Gasteiger partial charge is 0.149 e. The van der Waals surface area contributed by atoms with Crippen LogP contribution in [0.15, 0.2) is 42.7 Å². The number of thioether (sulfide) groups is 3. The van der Waals surface area contributed by atoms with Gasteiger partial charge in [0.15, 0.2) is 0 Å². The van der Waals surface area contributed by atoms with Crippen molar-refractivity contribution in [1.82, 2.24) is 0 Å². The minimum absolute atomic E-state index is 0.223. The van der Waals surface area contributed by atoms with Crippen molar-refractivity contribution in [2.45, 2.75) is 34.8 Å². The molecule has 0 bridgehead atoms. The minimum atomic E-state index is -1.13. The van der Waals surface area contributed by atoms with Crippen molar-refractivity contribution in [3.63, 3.8) is 0 Å². The molecule has 0 saturated heterocycles. The number of rotatable bonds is 7. The molecule has 0 radical (unpaired) electrons. The van der Waals surface area contributed by atoms with Crippen LogP contribution in [0.4, 0.5) is 0 Å². The van der Waals surface area contributed by atoms with E-state index in [2.05, 4.69) is 0 Å². The third-order valence-electron chi connectivity index (χ3n) is 4.04. The molecule has 0 amide bonds. The Morgan fingerprint density at radius 2 is 1.78 bits per heavy atom. The third-order valence-corrected chi connectivity index (χ3v) is 9.64. The SMILES string of the molecule is CSC(SC)(SC)[C@]1(O)C=CO[C@@H](C)[C@@H]1OCc1ccccc1. The van der Waals surface area contributed by atoms with Crippen LogP contribution in [0.2, 0.25) is 0 Å². The van der Waals surface area contributed by atoms with Crippen LogP contribution in [0.5, 0.6) is 0 Å². The van der Waals surface area contributed by atoms with E-state index in [4.69, 9.17) is 9.47 Å². The molecule has 0 spiro atoms. The highest BCUT2D eigenvalue weighted by molar-refractivity contribution is 8.33. The molecular formula is C17H24O3S3. The zero-order valence-electron chi connectivity index (χ0n) is 13.9. The standard InChI is InChI=1S/C17H24O3S3/c1-13-15(20-12-14-8-6-5-7-9-14)16(18,10-11-19-13)17(21-2,22-3)23-4/h5-11,13,15,18H,12H2,1-4H3/t13-,15-,16-/m0/s1. The second-order valence-corrected chi connectivity index (χ2v) is 9.19. The molecule has 1 heterocycles. The maximum absolute atomic E-state index is 11.5. The van der Waals surface area contributed by atoms with Gasteiger partial charge in [0.2, 0.25) is 0 Å². The van der Waals surface area contributed by atoms with E-state index < -0.39 is 15.1 Å². The van der Waals surface area contributed by atoms with Crippen molar-refractivity contribution in [3.8, 4) is 0 Å². The third kappa shape index (κ3) is 3.71. The van der Waals surface area contributed by atoms with Gasteiger partial charge >= 0.3 is 0 Å². The lowest BCUT2D eigenvalue weighted by Crippen LogP contribution is -2.60. The lowest BCUT2D eigenvalue weighted by atomic mass is 9.92. The van der Waals surface area contributed by atoms with Gasteiger partial charge in [-0.2, -0.15) is 0 Å². The highest BCUT2D eigenvalue weighted by Gasteiger charge is 2.57. The van der Waals surface area contributed by atoms with E-state index in [0.717, 1.165) is 5.56 Å². The molecule has 0 saturated carbocycles. The molecule has 1 N–H and O–H groups in total. The summed E-state index contributed by atoms with van der Waals surface area (Å²) in [5.74, 6) is 0. The summed E-state index contributed by atoms with van der Waals surface area (Å²) in [6, 6.07) is 10.0. The summed E-state index contributed by atoms with van der Waals surface area (Å²) in [6.07, 6.45) is 8.74. The van der Waals surface area contributed by atoms with Crippen molar-refractivity contribution < 1.29 is 14.6 Å². The Balaban J connectivity index is 2.27. The normalized spacial score (nSPS) is 27.7. The maximum atomic E-state index is 11.5. The molecule has 6 heteroatoms. The van der Waals surface area contributed by atoms with Crippen LogP contribution in [0.25, 0.3) is 0 Å². The Bertz CT molecular complexity index is 511. The van der Waals surface area contributed by atoms with Gasteiger partial charge in [0.05, 0.1) is 12.9 Å². The Labute approximate surface area is 151 Å². The van der Waals surface area contributed by atoms with Gasteiger partial charge in [0.1, 0.15) is 21.2 Å². The zero-order valence-corrected chi connectivity index (χ0v) is 16.3. The zero-order chi connectivity index (χ0) is 16.9. The summed E-state index contributed by atoms with van der Waals surface area (Å²) >= 11 is 4.92. The van der Waals surface area contributed by atoms with Gasteiger partial charge in [0.25, 0.3) is 0 Å². The quantitative estimate of drug-likeness (QED) is 0.730. The average molecular weight is 373 g/mol. The Hall–Kier alpha value is -0.270. The van der Waals surface area contributed by atoms with Gasteiger partial charge in [-0.1, -0.05) is 30.3 Å². The molecular weight excluding hydrogens is 348 g/mol. The van der Waals surface area contributed by atoms with E-state index in [1.54, 1.807) is 47.6 Å². The maximum Gasteiger partial charge on any atom is 0.149 e. The van der Waals surface area contributed by atoms with E-state index in [0.29, 0.717) is 6.61 Å². The van der Waals surface area contributed by atoms with Crippen molar-refractivity contribution in [3.05, 3.63) is 48.2 Å². The molecule has 3 nitrogen and oxygen atoms in total. The van der Waals surface area contributed by atoms with Crippen LogP contribution in [-0.4, -0.2) is 45.1 Å². The largest absolute Gasteiger partial charge is 0.496 e. The van der Waals surface area contributed by atoms with Crippen molar-refractivity contribution in [1.29, 1.82) is 0 Å². The summed E-state index contributed by atoms with van der Waals surface area (Å²) < 4.78 is 11.3. The molecule has 1 aromatic rings. The van der Waals surface area contributed by atoms with E-state index >= 15 is 0 Å². The first-order chi connectivity index (χ1) is 11.0. The first kappa shape index (κ1) is 19.1. The number of hydrogen-bond donors (Lipinski definition) is 1. The summed E-state index contributed by atoms with van der Waals surface area (Å²) in [7, 11) is 0. The van der Waals surface area contributed by atoms with Crippen LogP contribution in [0, 0.1) is 0 Å². The number of aliphatic hydroxyl groups is 1.